The first-order valence-electron chi connectivity index (χ1n) is 23.6. The van der Waals surface area contributed by atoms with Crippen LogP contribution in [0.25, 0.3) is 78.4 Å². The summed E-state index contributed by atoms with van der Waals surface area (Å²) in [6.45, 7) is 0. The summed E-state index contributed by atoms with van der Waals surface area (Å²) in [5.74, 6) is 0.706. The minimum atomic E-state index is -0.544. The molecule has 1 heterocycles. The molecule has 0 fully saturated rings. The van der Waals surface area contributed by atoms with Crippen LogP contribution in [0, 0.1) is 0 Å². The molecule has 0 bridgehead atoms. The third kappa shape index (κ3) is 5.40. The van der Waals surface area contributed by atoms with Gasteiger partial charge in [0.1, 0.15) is 0 Å². The number of hydrogen-bond donors (Lipinski definition) is 0. The fourth-order valence-electron chi connectivity index (χ4n) is 12.2. The molecule has 0 saturated carbocycles. The van der Waals surface area contributed by atoms with Crippen LogP contribution in [0.2, 0.25) is 0 Å². The highest BCUT2D eigenvalue weighted by Crippen LogP contribution is 2.67. The Morgan fingerprint density at radius 3 is 0.971 bits per heavy atom. The molecule has 0 atom stereocenters. The SMILES string of the molecule is c1ccc(-c2ccc(-c3cc(-c4ccc(-c5ccc6c(c5)C5(c7ccccc7-6)c6ccccc6C6(c7ccccc7-c7ccccc76)c6ccccc65)cc4)nc(-c4ccccc4)n3)cc2)cc1. The minimum absolute atomic E-state index is 0.469. The lowest BCUT2D eigenvalue weighted by Gasteiger charge is -2.48. The number of benzene rings is 10. The summed E-state index contributed by atoms with van der Waals surface area (Å²) < 4.78 is 0. The predicted octanol–water partition coefficient (Wildman–Crippen LogP) is 15.9. The molecule has 11 aromatic rings. The average Bonchev–Trinajstić information content (AvgIpc) is 3.88. The van der Waals surface area contributed by atoms with Crippen LogP contribution < -0.4 is 0 Å². The van der Waals surface area contributed by atoms with Gasteiger partial charge in [0.15, 0.2) is 5.82 Å². The molecule has 316 valence electrons. The van der Waals surface area contributed by atoms with Crippen molar-refractivity contribution in [3.63, 3.8) is 0 Å². The maximum Gasteiger partial charge on any atom is 0.160 e. The van der Waals surface area contributed by atoms with Gasteiger partial charge in [-0.2, -0.15) is 0 Å². The second-order valence-corrected chi connectivity index (χ2v) is 18.3. The van der Waals surface area contributed by atoms with E-state index >= 15 is 0 Å². The maximum atomic E-state index is 5.18. The highest BCUT2D eigenvalue weighted by molar-refractivity contribution is 5.94. The van der Waals surface area contributed by atoms with Crippen molar-refractivity contribution >= 4 is 0 Å². The molecule has 0 aliphatic heterocycles. The molecule has 14 rings (SSSR count). The van der Waals surface area contributed by atoms with Gasteiger partial charge in [-0.05, 0) is 101 Å². The first-order valence-corrected chi connectivity index (χ1v) is 23.6. The Hall–Kier alpha value is -8.72. The largest absolute Gasteiger partial charge is 0.228 e. The van der Waals surface area contributed by atoms with Crippen LogP contribution in [0.4, 0.5) is 0 Å². The number of fused-ring (bicyclic) bond motifs is 16. The molecule has 68 heavy (non-hydrogen) atoms. The Morgan fingerprint density at radius 1 is 0.206 bits per heavy atom. The van der Waals surface area contributed by atoms with Crippen LogP contribution in [-0.4, -0.2) is 9.97 Å². The lowest BCUT2D eigenvalue weighted by atomic mass is 9.52. The summed E-state index contributed by atoms with van der Waals surface area (Å²) in [6.07, 6.45) is 0. The fraction of sp³-hybridized carbons (Fsp3) is 0.0303. The first kappa shape index (κ1) is 38.5. The van der Waals surface area contributed by atoms with E-state index in [0.29, 0.717) is 5.82 Å². The summed E-state index contributed by atoms with van der Waals surface area (Å²) in [5, 5.41) is 0. The second-order valence-electron chi connectivity index (χ2n) is 18.3. The summed E-state index contributed by atoms with van der Waals surface area (Å²) in [7, 11) is 0. The molecule has 0 unspecified atom stereocenters. The van der Waals surface area contributed by atoms with Gasteiger partial charge < -0.3 is 0 Å². The Bertz CT molecular complexity index is 3680. The van der Waals surface area contributed by atoms with Gasteiger partial charge in [-0.1, -0.05) is 243 Å². The van der Waals surface area contributed by atoms with E-state index in [1.165, 1.54) is 83.5 Å². The predicted molar refractivity (Wildman–Crippen MR) is 277 cm³/mol. The number of nitrogens with zero attached hydrogens (tertiary/aromatic N) is 2. The van der Waals surface area contributed by atoms with Crippen LogP contribution >= 0.6 is 0 Å². The van der Waals surface area contributed by atoms with E-state index < -0.39 is 10.8 Å². The van der Waals surface area contributed by atoms with Crippen molar-refractivity contribution < 1.29 is 0 Å². The Morgan fingerprint density at radius 2 is 0.515 bits per heavy atom. The summed E-state index contributed by atoms with van der Waals surface area (Å²) in [5.41, 5.74) is 24.5. The highest BCUT2D eigenvalue weighted by atomic mass is 14.9. The van der Waals surface area contributed by atoms with Crippen molar-refractivity contribution in [1.29, 1.82) is 0 Å². The van der Waals surface area contributed by atoms with Crippen molar-refractivity contribution in [3.8, 4) is 78.4 Å². The molecule has 0 saturated heterocycles. The van der Waals surface area contributed by atoms with Crippen molar-refractivity contribution in [3.05, 3.63) is 299 Å². The topological polar surface area (TPSA) is 25.8 Å². The third-order valence-electron chi connectivity index (χ3n) is 15.0. The van der Waals surface area contributed by atoms with E-state index in [0.717, 1.165) is 33.6 Å². The molecular weight excluding hydrogens is 821 g/mol. The van der Waals surface area contributed by atoms with Crippen LogP contribution in [0.3, 0.4) is 0 Å². The zero-order valence-corrected chi connectivity index (χ0v) is 37.1. The van der Waals surface area contributed by atoms with Crippen LogP contribution in [0.1, 0.15) is 44.5 Å². The molecule has 0 amide bonds. The number of aromatic nitrogens is 2. The Labute approximate surface area is 396 Å². The van der Waals surface area contributed by atoms with Crippen molar-refractivity contribution in [2.24, 2.45) is 0 Å². The summed E-state index contributed by atoms with van der Waals surface area (Å²) in [6, 6.07) is 93.7. The van der Waals surface area contributed by atoms with Gasteiger partial charge in [0, 0.05) is 16.7 Å². The molecule has 1 aromatic heterocycles. The van der Waals surface area contributed by atoms with E-state index in [1.807, 2.05) is 18.2 Å². The standard InChI is InChI=1S/C66H42N2/c1-3-17-43(18-4-1)44-31-35-46(36-32-44)62-42-63(68-64(67-62)48-19-5-2-6-20-48)47-37-33-45(34-38-47)49-39-40-53-52-23-9-12-26-56(52)66(61(53)41-49)59-29-15-13-27-57(59)65(58-28-14-16-30-60(58)66)54-24-10-7-21-50(54)51-22-8-11-25-55(51)65/h1-42H. The van der Waals surface area contributed by atoms with Crippen LogP contribution in [-0.2, 0) is 10.8 Å². The van der Waals surface area contributed by atoms with Gasteiger partial charge in [0.2, 0.25) is 0 Å². The van der Waals surface area contributed by atoms with Gasteiger partial charge in [-0.15, -0.1) is 0 Å². The maximum absolute atomic E-state index is 5.18. The van der Waals surface area contributed by atoms with E-state index in [2.05, 4.69) is 237 Å². The molecule has 10 aromatic carbocycles. The van der Waals surface area contributed by atoms with Crippen molar-refractivity contribution in [2.45, 2.75) is 10.8 Å². The second kappa shape index (κ2) is 14.9. The van der Waals surface area contributed by atoms with Crippen molar-refractivity contribution in [1.82, 2.24) is 9.97 Å². The van der Waals surface area contributed by atoms with E-state index in [-0.39, 0.29) is 0 Å². The molecular formula is C66H42N2. The smallest absolute Gasteiger partial charge is 0.160 e. The van der Waals surface area contributed by atoms with Gasteiger partial charge in [0.05, 0.1) is 22.2 Å². The molecule has 2 spiro atoms. The lowest BCUT2D eigenvalue weighted by Crippen LogP contribution is -2.43. The number of hydrogen-bond acceptors (Lipinski definition) is 2. The average molecular weight is 863 g/mol. The van der Waals surface area contributed by atoms with Gasteiger partial charge in [-0.3, -0.25) is 0 Å². The van der Waals surface area contributed by atoms with E-state index in [9.17, 15) is 0 Å². The molecule has 3 aliphatic rings. The molecule has 2 nitrogen and oxygen atoms in total. The molecule has 3 aliphatic carbocycles. The zero-order chi connectivity index (χ0) is 44.8. The van der Waals surface area contributed by atoms with E-state index in [4.69, 9.17) is 9.97 Å². The molecule has 0 radical (unpaired) electrons. The normalized spacial score (nSPS) is 13.8. The lowest BCUT2D eigenvalue weighted by molar-refractivity contribution is 0.633. The molecule has 0 N–H and O–H groups in total. The Balaban J connectivity index is 0.915. The van der Waals surface area contributed by atoms with Gasteiger partial charge in [-0.25, -0.2) is 9.97 Å². The first-order chi connectivity index (χ1) is 33.7. The third-order valence-corrected chi connectivity index (χ3v) is 15.0. The highest BCUT2D eigenvalue weighted by Gasteiger charge is 2.58. The fourth-order valence-corrected chi connectivity index (χ4v) is 12.2. The van der Waals surface area contributed by atoms with E-state index in [1.54, 1.807) is 0 Å². The quantitative estimate of drug-likeness (QED) is 0.172. The monoisotopic (exact) mass is 862 g/mol. The van der Waals surface area contributed by atoms with Gasteiger partial charge >= 0.3 is 0 Å². The molecule has 2 heteroatoms. The minimum Gasteiger partial charge on any atom is -0.228 e. The number of rotatable bonds is 5. The zero-order valence-electron chi connectivity index (χ0n) is 37.1. The van der Waals surface area contributed by atoms with Gasteiger partial charge in [0.25, 0.3) is 0 Å². The van der Waals surface area contributed by atoms with Crippen molar-refractivity contribution in [2.75, 3.05) is 0 Å². The summed E-state index contributed by atoms with van der Waals surface area (Å²) >= 11 is 0. The summed E-state index contributed by atoms with van der Waals surface area (Å²) in [4.78, 5) is 10.3. The van der Waals surface area contributed by atoms with Crippen LogP contribution in [0.5, 0.6) is 0 Å². The van der Waals surface area contributed by atoms with Crippen LogP contribution in [0.15, 0.2) is 255 Å². The Kier molecular flexibility index (Phi) is 8.45.